The molecule has 1 rings (SSSR count). The predicted molar refractivity (Wildman–Crippen MR) is 91.2 cm³/mol. The molecule has 1 N–H and O–H groups in total. The normalized spacial score (nSPS) is 19.6. The Hall–Kier alpha value is -0.0400. The Labute approximate surface area is 128 Å². The van der Waals surface area contributed by atoms with Gasteiger partial charge in [0, 0.05) is 6.04 Å². The molecule has 0 aromatic rings. The molecular weight excluding hydrogens is 242 g/mol. The zero-order valence-electron chi connectivity index (χ0n) is 14.6. The highest BCUT2D eigenvalue weighted by molar-refractivity contribution is 4.85. The molecule has 0 radical (unpaired) electrons. The Balaban J connectivity index is 2.35. The SMILES string of the molecule is CCCC1(CCC(CC)NCC(CC)CC)CCCC1. The molecule has 120 valence electrons. The molecule has 0 spiro atoms. The lowest BCUT2D eigenvalue weighted by Crippen LogP contribution is -2.34. The smallest absolute Gasteiger partial charge is 0.00647 e. The van der Waals surface area contributed by atoms with Crippen molar-refractivity contribution in [3.8, 4) is 0 Å². The topological polar surface area (TPSA) is 12.0 Å². The third kappa shape index (κ3) is 5.76. The van der Waals surface area contributed by atoms with Gasteiger partial charge in [-0.3, -0.25) is 0 Å². The standard InChI is InChI=1S/C19H39N/c1-5-12-19(13-9-10-14-19)15-11-18(8-4)20-16-17(6-2)7-3/h17-18,20H,5-16H2,1-4H3. The van der Waals surface area contributed by atoms with Gasteiger partial charge in [-0.05, 0) is 56.4 Å². The van der Waals surface area contributed by atoms with Crippen molar-refractivity contribution in [1.82, 2.24) is 5.32 Å². The van der Waals surface area contributed by atoms with E-state index in [1.165, 1.54) is 77.2 Å². The summed E-state index contributed by atoms with van der Waals surface area (Å²) in [6.07, 6.45) is 15.6. The highest BCUT2D eigenvalue weighted by atomic mass is 14.9. The summed E-state index contributed by atoms with van der Waals surface area (Å²) in [5, 5.41) is 3.85. The fourth-order valence-electron chi connectivity index (χ4n) is 4.12. The first kappa shape index (κ1) is 18.0. The molecule has 1 aliphatic rings. The molecule has 1 saturated carbocycles. The van der Waals surface area contributed by atoms with Crippen molar-refractivity contribution in [3.63, 3.8) is 0 Å². The van der Waals surface area contributed by atoms with E-state index in [9.17, 15) is 0 Å². The minimum atomic E-state index is 0.721. The van der Waals surface area contributed by atoms with E-state index in [0.717, 1.165) is 17.4 Å². The van der Waals surface area contributed by atoms with Crippen molar-refractivity contribution in [2.75, 3.05) is 6.54 Å². The third-order valence-corrected chi connectivity index (χ3v) is 5.81. The van der Waals surface area contributed by atoms with E-state index in [0.29, 0.717) is 0 Å². The van der Waals surface area contributed by atoms with E-state index >= 15 is 0 Å². The van der Waals surface area contributed by atoms with Gasteiger partial charge in [-0.2, -0.15) is 0 Å². The Morgan fingerprint density at radius 2 is 1.55 bits per heavy atom. The first-order valence-electron chi connectivity index (χ1n) is 9.43. The summed E-state index contributed by atoms with van der Waals surface area (Å²) in [6, 6.07) is 0.755. The van der Waals surface area contributed by atoms with Crippen LogP contribution in [0, 0.1) is 11.3 Å². The van der Waals surface area contributed by atoms with Crippen LogP contribution in [0.5, 0.6) is 0 Å². The van der Waals surface area contributed by atoms with Crippen molar-refractivity contribution in [1.29, 1.82) is 0 Å². The molecule has 1 unspecified atom stereocenters. The van der Waals surface area contributed by atoms with Crippen molar-refractivity contribution in [2.45, 2.75) is 104 Å². The highest BCUT2D eigenvalue weighted by Crippen LogP contribution is 2.45. The monoisotopic (exact) mass is 281 g/mol. The Kier molecular flexibility index (Phi) is 8.84. The van der Waals surface area contributed by atoms with Crippen LogP contribution >= 0.6 is 0 Å². The van der Waals surface area contributed by atoms with Gasteiger partial charge in [-0.25, -0.2) is 0 Å². The van der Waals surface area contributed by atoms with Crippen LogP contribution < -0.4 is 5.32 Å². The third-order valence-electron chi connectivity index (χ3n) is 5.81. The van der Waals surface area contributed by atoms with Crippen LogP contribution in [0.4, 0.5) is 0 Å². The molecule has 0 heterocycles. The van der Waals surface area contributed by atoms with E-state index in [4.69, 9.17) is 0 Å². The average molecular weight is 282 g/mol. The van der Waals surface area contributed by atoms with E-state index in [-0.39, 0.29) is 0 Å². The van der Waals surface area contributed by atoms with Crippen LogP contribution in [-0.2, 0) is 0 Å². The molecule has 20 heavy (non-hydrogen) atoms. The molecule has 0 bridgehead atoms. The molecule has 0 aromatic carbocycles. The van der Waals surface area contributed by atoms with Gasteiger partial charge < -0.3 is 5.32 Å². The van der Waals surface area contributed by atoms with E-state index in [1.807, 2.05) is 0 Å². The minimum Gasteiger partial charge on any atom is -0.314 e. The molecule has 0 saturated heterocycles. The average Bonchev–Trinajstić information content (AvgIpc) is 2.92. The molecular formula is C19H39N. The van der Waals surface area contributed by atoms with Crippen molar-refractivity contribution in [2.24, 2.45) is 11.3 Å². The molecule has 1 atom stereocenters. The second kappa shape index (κ2) is 9.82. The van der Waals surface area contributed by atoms with Gasteiger partial charge in [0.1, 0.15) is 0 Å². The van der Waals surface area contributed by atoms with Gasteiger partial charge >= 0.3 is 0 Å². The van der Waals surface area contributed by atoms with Gasteiger partial charge in [0.15, 0.2) is 0 Å². The molecule has 1 heteroatoms. The second-order valence-corrected chi connectivity index (χ2v) is 7.19. The van der Waals surface area contributed by atoms with Crippen LogP contribution in [0.25, 0.3) is 0 Å². The summed E-state index contributed by atoms with van der Waals surface area (Å²) in [5.74, 6) is 0.875. The zero-order valence-corrected chi connectivity index (χ0v) is 14.6. The number of hydrogen-bond donors (Lipinski definition) is 1. The lowest BCUT2D eigenvalue weighted by Gasteiger charge is -2.31. The van der Waals surface area contributed by atoms with E-state index in [2.05, 4.69) is 33.0 Å². The van der Waals surface area contributed by atoms with E-state index < -0.39 is 0 Å². The molecule has 0 amide bonds. The van der Waals surface area contributed by atoms with Gasteiger partial charge in [0.2, 0.25) is 0 Å². The van der Waals surface area contributed by atoms with Crippen LogP contribution in [0.1, 0.15) is 98.3 Å². The number of nitrogens with one attached hydrogen (secondary N) is 1. The van der Waals surface area contributed by atoms with Crippen LogP contribution in [-0.4, -0.2) is 12.6 Å². The minimum absolute atomic E-state index is 0.721. The quantitative estimate of drug-likeness (QED) is 0.495. The number of rotatable bonds is 11. The van der Waals surface area contributed by atoms with Gasteiger partial charge in [0.25, 0.3) is 0 Å². The Bertz CT molecular complexity index is 226. The Morgan fingerprint density at radius 3 is 2.05 bits per heavy atom. The van der Waals surface area contributed by atoms with Gasteiger partial charge in [-0.15, -0.1) is 0 Å². The van der Waals surface area contributed by atoms with Crippen molar-refractivity contribution < 1.29 is 0 Å². The van der Waals surface area contributed by atoms with Crippen LogP contribution in [0.15, 0.2) is 0 Å². The summed E-state index contributed by atoms with van der Waals surface area (Å²) >= 11 is 0. The van der Waals surface area contributed by atoms with Crippen molar-refractivity contribution in [3.05, 3.63) is 0 Å². The lowest BCUT2D eigenvalue weighted by molar-refractivity contribution is 0.222. The summed E-state index contributed by atoms with van der Waals surface area (Å²) in [5.41, 5.74) is 0.721. The summed E-state index contributed by atoms with van der Waals surface area (Å²) in [6.45, 7) is 10.6. The second-order valence-electron chi connectivity index (χ2n) is 7.19. The summed E-state index contributed by atoms with van der Waals surface area (Å²) in [7, 11) is 0. The van der Waals surface area contributed by atoms with Gasteiger partial charge in [-0.1, -0.05) is 59.8 Å². The Morgan fingerprint density at radius 1 is 0.900 bits per heavy atom. The fraction of sp³-hybridized carbons (Fsp3) is 1.00. The molecule has 1 fully saturated rings. The van der Waals surface area contributed by atoms with Crippen LogP contribution in [0.3, 0.4) is 0 Å². The van der Waals surface area contributed by atoms with Gasteiger partial charge in [0.05, 0.1) is 0 Å². The van der Waals surface area contributed by atoms with Crippen LogP contribution in [0.2, 0.25) is 0 Å². The molecule has 0 aromatic heterocycles. The summed E-state index contributed by atoms with van der Waals surface area (Å²) in [4.78, 5) is 0. The molecule has 0 aliphatic heterocycles. The first-order valence-corrected chi connectivity index (χ1v) is 9.43. The fourth-order valence-corrected chi connectivity index (χ4v) is 4.12. The summed E-state index contributed by atoms with van der Waals surface area (Å²) < 4.78 is 0. The maximum atomic E-state index is 3.85. The predicted octanol–water partition coefficient (Wildman–Crippen LogP) is 5.93. The first-order chi connectivity index (χ1) is 9.69. The van der Waals surface area contributed by atoms with Crippen molar-refractivity contribution >= 4 is 0 Å². The zero-order chi connectivity index (χ0) is 14.8. The molecule has 1 nitrogen and oxygen atoms in total. The maximum absolute atomic E-state index is 3.85. The largest absolute Gasteiger partial charge is 0.314 e. The lowest BCUT2D eigenvalue weighted by atomic mass is 9.76. The number of hydrogen-bond acceptors (Lipinski definition) is 1. The highest BCUT2D eigenvalue weighted by Gasteiger charge is 2.32. The van der Waals surface area contributed by atoms with E-state index in [1.54, 1.807) is 0 Å². The molecule has 1 aliphatic carbocycles. The maximum Gasteiger partial charge on any atom is 0.00647 e.